The SMILES string of the molecule is CCNc1ncnc(NCC(C)(C)C)c1OC. The first-order chi connectivity index (χ1) is 7.98. The van der Waals surface area contributed by atoms with Crippen LogP contribution in [0.25, 0.3) is 0 Å². The second kappa shape index (κ2) is 5.70. The second-order valence-corrected chi connectivity index (χ2v) is 5.05. The Labute approximate surface area is 103 Å². The fraction of sp³-hybridized carbons (Fsp3) is 0.667. The van der Waals surface area contributed by atoms with Gasteiger partial charge in [0.05, 0.1) is 7.11 Å². The van der Waals surface area contributed by atoms with E-state index in [0.29, 0.717) is 5.75 Å². The number of hydrogen-bond acceptors (Lipinski definition) is 5. The van der Waals surface area contributed by atoms with Crippen LogP contribution in [0.5, 0.6) is 5.75 Å². The van der Waals surface area contributed by atoms with Gasteiger partial charge in [-0.3, -0.25) is 0 Å². The summed E-state index contributed by atoms with van der Waals surface area (Å²) in [5.74, 6) is 2.12. The molecule has 0 radical (unpaired) electrons. The van der Waals surface area contributed by atoms with E-state index in [1.54, 1.807) is 7.11 Å². The van der Waals surface area contributed by atoms with Gasteiger partial charge in [0.15, 0.2) is 11.6 Å². The Kier molecular flexibility index (Phi) is 4.54. The molecule has 1 aromatic heterocycles. The van der Waals surface area contributed by atoms with E-state index in [2.05, 4.69) is 41.4 Å². The lowest BCUT2D eigenvalue weighted by atomic mass is 9.97. The zero-order valence-electron chi connectivity index (χ0n) is 11.3. The van der Waals surface area contributed by atoms with Crippen molar-refractivity contribution in [3.63, 3.8) is 0 Å². The van der Waals surface area contributed by atoms with Crippen molar-refractivity contribution < 1.29 is 4.74 Å². The molecule has 0 spiro atoms. The molecule has 17 heavy (non-hydrogen) atoms. The number of ether oxygens (including phenoxy) is 1. The number of methoxy groups -OCH3 is 1. The first-order valence-corrected chi connectivity index (χ1v) is 5.84. The van der Waals surface area contributed by atoms with E-state index in [0.717, 1.165) is 24.7 Å². The van der Waals surface area contributed by atoms with Crippen molar-refractivity contribution in [3.05, 3.63) is 6.33 Å². The fourth-order valence-corrected chi connectivity index (χ4v) is 1.34. The summed E-state index contributed by atoms with van der Waals surface area (Å²) in [5, 5.41) is 6.44. The number of aromatic nitrogens is 2. The molecule has 0 aliphatic heterocycles. The summed E-state index contributed by atoms with van der Waals surface area (Å²) in [4.78, 5) is 8.37. The lowest BCUT2D eigenvalue weighted by Crippen LogP contribution is -2.20. The summed E-state index contributed by atoms with van der Waals surface area (Å²) in [5.41, 5.74) is 0.189. The standard InChI is InChI=1S/C12H22N4O/c1-6-13-10-9(17-5)11(16-8-15-10)14-7-12(2,3)4/h8H,6-7H2,1-5H3,(H2,13,14,15,16). The molecule has 0 aromatic carbocycles. The summed E-state index contributed by atoms with van der Waals surface area (Å²) in [7, 11) is 1.63. The lowest BCUT2D eigenvalue weighted by molar-refractivity contribution is 0.410. The highest BCUT2D eigenvalue weighted by atomic mass is 16.5. The van der Waals surface area contributed by atoms with Crippen molar-refractivity contribution in [2.75, 3.05) is 30.8 Å². The Morgan fingerprint density at radius 1 is 1.18 bits per heavy atom. The van der Waals surface area contributed by atoms with Crippen molar-refractivity contribution in [1.82, 2.24) is 9.97 Å². The summed E-state index contributed by atoms with van der Waals surface area (Å²) in [6.07, 6.45) is 1.53. The third kappa shape index (κ3) is 4.09. The molecule has 0 amide bonds. The second-order valence-electron chi connectivity index (χ2n) is 5.05. The third-order valence-electron chi connectivity index (χ3n) is 2.14. The quantitative estimate of drug-likeness (QED) is 0.824. The van der Waals surface area contributed by atoms with Crippen LogP contribution in [0.15, 0.2) is 6.33 Å². The maximum Gasteiger partial charge on any atom is 0.204 e. The van der Waals surface area contributed by atoms with Crippen LogP contribution in [0.1, 0.15) is 27.7 Å². The van der Waals surface area contributed by atoms with Crippen molar-refractivity contribution in [2.45, 2.75) is 27.7 Å². The van der Waals surface area contributed by atoms with E-state index in [1.807, 2.05) is 6.92 Å². The van der Waals surface area contributed by atoms with Crippen molar-refractivity contribution in [2.24, 2.45) is 5.41 Å². The van der Waals surface area contributed by atoms with Crippen LogP contribution in [0.4, 0.5) is 11.6 Å². The normalized spacial score (nSPS) is 11.1. The van der Waals surface area contributed by atoms with Crippen LogP contribution in [-0.4, -0.2) is 30.2 Å². The highest BCUT2D eigenvalue weighted by molar-refractivity contribution is 5.63. The maximum atomic E-state index is 5.34. The van der Waals surface area contributed by atoms with Crippen molar-refractivity contribution in [1.29, 1.82) is 0 Å². The Balaban J connectivity index is 2.87. The predicted molar refractivity (Wildman–Crippen MR) is 70.7 cm³/mol. The molecule has 5 heteroatoms. The Morgan fingerprint density at radius 2 is 1.76 bits per heavy atom. The summed E-state index contributed by atoms with van der Waals surface area (Å²) < 4.78 is 5.34. The minimum absolute atomic E-state index is 0.189. The Hall–Kier alpha value is -1.52. The van der Waals surface area contributed by atoms with Crippen molar-refractivity contribution in [3.8, 4) is 5.75 Å². The highest BCUT2D eigenvalue weighted by Gasteiger charge is 2.15. The van der Waals surface area contributed by atoms with Crippen LogP contribution in [0.2, 0.25) is 0 Å². The van der Waals surface area contributed by atoms with Gasteiger partial charge in [-0.1, -0.05) is 20.8 Å². The summed E-state index contributed by atoms with van der Waals surface area (Å²) in [6, 6.07) is 0. The molecule has 1 heterocycles. The van der Waals surface area contributed by atoms with Gasteiger partial charge in [0.25, 0.3) is 0 Å². The molecule has 0 saturated heterocycles. The molecule has 1 rings (SSSR count). The van der Waals surface area contributed by atoms with Crippen LogP contribution in [0, 0.1) is 5.41 Å². The maximum absolute atomic E-state index is 5.34. The van der Waals surface area contributed by atoms with E-state index in [4.69, 9.17) is 4.74 Å². The first kappa shape index (κ1) is 13.5. The van der Waals surface area contributed by atoms with Crippen LogP contribution in [0.3, 0.4) is 0 Å². The Morgan fingerprint density at radius 3 is 2.24 bits per heavy atom. The third-order valence-corrected chi connectivity index (χ3v) is 2.14. The summed E-state index contributed by atoms with van der Waals surface area (Å²) >= 11 is 0. The molecule has 0 aliphatic carbocycles. The van der Waals surface area contributed by atoms with Gasteiger partial charge in [-0.05, 0) is 12.3 Å². The molecule has 0 saturated carbocycles. The van der Waals surface area contributed by atoms with Gasteiger partial charge in [0.2, 0.25) is 5.75 Å². The van der Waals surface area contributed by atoms with Crippen molar-refractivity contribution >= 4 is 11.6 Å². The average Bonchev–Trinajstić information content (AvgIpc) is 2.26. The van der Waals surface area contributed by atoms with Gasteiger partial charge in [-0.25, -0.2) is 9.97 Å². The molecular weight excluding hydrogens is 216 g/mol. The van der Waals surface area contributed by atoms with Gasteiger partial charge in [0, 0.05) is 13.1 Å². The smallest absolute Gasteiger partial charge is 0.204 e. The van der Waals surface area contributed by atoms with Gasteiger partial charge in [-0.15, -0.1) is 0 Å². The number of anilines is 2. The van der Waals surface area contributed by atoms with Crippen LogP contribution >= 0.6 is 0 Å². The summed E-state index contributed by atoms with van der Waals surface area (Å²) in [6.45, 7) is 10.1. The molecule has 0 fully saturated rings. The van der Waals surface area contributed by atoms with Gasteiger partial charge in [0.1, 0.15) is 6.33 Å². The average molecular weight is 238 g/mol. The number of hydrogen-bond donors (Lipinski definition) is 2. The molecule has 0 aliphatic rings. The molecule has 96 valence electrons. The molecule has 0 atom stereocenters. The Bertz CT molecular complexity index is 360. The fourth-order valence-electron chi connectivity index (χ4n) is 1.34. The van der Waals surface area contributed by atoms with Gasteiger partial charge < -0.3 is 15.4 Å². The van der Waals surface area contributed by atoms with E-state index in [9.17, 15) is 0 Å². The first-order valence-electron chi connectivity index (χ1n) is 5.84. The topological polar surface area (TPSA) is 59.1 Å². The minimum atomic E-state index is 0.189. The molecule has 1 aromatic rings. The number of rotatable bonds is 5. The number of nitrogens with zero attached hydrogens (tertiary/aromatic N) is 2. The molecular formula is C12H22N4O. The minimum Gasteiger partial charge on any atom is -0.490 e. The van der Waals surface area contributed by atoms with E-state index in [-0.39, 0.29) is 5.41 Å². The van der Waals surface area contributed by atoms with E-state index in [1.165, 1.54) is 6.33 Å². The molecule has 5 nitrogen and oxygen atoms in total. The predicted octanol–water partition coefficient (Wildman–Crippen LogP) is 2.38. The molecule has 0 unspecified atom stereocenters. The number of nitrogens with one attached hydrogen (secondary N) is 2. The molecule has 0 bridgehead atoms. The highest BCUT2D eigenvalue weighted by Crippen LogP contribution is 2.29. The van der Waals surface area contributed by atoms with Crippen LogP contribution < -0.4 is 15.4 Å². The van der Waals surface area contributed by atoms with Crippen LogP contribution in [-0.2, 0) is 0 Å². The monoisotopic (exact) mass is 238 g/mol. The largest absolute Gasteiger partial charge is 0.490 e. The molecule has 2 N–H and O–H groups in total. The zero-order valence-corrected chi connectivity index (χ0v) is 11.3. The van der Waals surface area contributed by atoms with Gasteiger partial charge >= 0.3 is 0 Å². The van der Waals surface area contributed by atoms with Gasteiger partial charge in [-0.2, -0.15) is 0 Å². The zero-order chi connectivity index (χ0) is 12.9. The van der Waals surface area contributed by atoms with E-state index < -0.39 is 0 Å². The lowest BCUT2D eigenvalue weighted by Gasteiger charge is -2.20. The van der Waals surface area contributed by atoms with E-state index >= 15 is 0 Å².